The molecule has 0 aliphatic carbocycles. The summed E-state index contributed by atoms with van der Waals surface area (Å²) in [6, 6.07) is 13.4. The van der Waals surface area contributed by atoms with Gasteiger partial charge in [0.1, 0.15) is 0 Å². The van der Waals surface area contributed by atoms with Crippen molar-refractivity contribution in [3.05, 3.63) is 59.7 Å². The molecule has 2 N–H and O–H groups in total. The fraction of sp³-hybridized carbons (Fsp3) is 0.455. The Bertz CT molecular complexity index is 936. The van der Waals surface area contributed by atoms with E-state index in [4.69, 9.17) is 9.47 Å². The van der Waals surface area contributed by atoms with Crippen molar-refractivity contribution in [2.24, 2.45) is 0 Å². The van der Waals surface area contributed by atoms with Gasteiger partial charge in [0.2, 0.25) is 20.0 Å². The number of sulfonamides is 2. The molecular weight excluding hydrogens is 452 g/mol. The zero-order valence-electron chi connectivity index (χ0n) is 18.5. The molecule has 0 atom stereocenters. The van der Waals surface area contributed by atoms with Crippen molar-refractivity contribution in [2.45, 2.75) is 36.5 Å². The molecule has 10 heteroatoms. The zero-order valence-corrected chi connectivity index (χ0v) is 20.2. The first kappa shape index (κ1) is 26.4. The molecule has 0 aromatic heterocycles. The van der Waals surface area contributed by atoms with Crippen LogP contribution in [0.15, 0.2) is 58.3 Å². The molecular formula is C22H32N2O6S2. The maximum Gasteiger partial charge on any atom is 0.240 e. The van der Waals surface area contributed by atoms with E-state index in [1.54, 1.807) is 48.5 Å². The van der Waals surface area contributed by atoms with E-state index < -0.39 is 20.0 Å². The second-order valence-corrected chi connectivity index (χ2v) is 10.9. The molecule has 0 spiro atoms. The maximum atomic E-state index is 12.1. The summed E-state index contributed by atoms with van der Waals surface area (Å²) in [7, 11) is -6.99. The summed E-state index contributed by atoms with van der Waals surface area (Å²) in [6.45, 7) is 5.99. The van der Waals surface area contributed by atoms with Gasteiger partial charge in [0.15, 0.2) is 0 Å². The third kappa shape index (κ3) is 9.35. The predicted molar refractivity (Wildman–Crippen MR) is 124 cm³/mol. The van der Waals surface area contributed by atoms with Crippen molar-refractivity contribution in [1.82, 2.24) is 9.44 Å². The summed E-state index contributed by atoms with van der Waals surface area (Å²) in [5.41, 5.74) is 2.01. The van der Waals surface area contributed by atoms with Gasteiger partial charge in [-0.2, -0.15) is 0 Å². The van der Waals surface area contributed by atoms with E-state index >= 15 is 0 Å². The Labute approximate surface area is 191 Å². The summed E-state index contributed by atoms with van der Waals surface area (Å²) in [4.78, 5) is 0.497. The molecule has 0 saturated heterocycles. The Morgan fingerprint density at radius 3 is 1.28 bits per heavy atom. The predicted octanol–water partition coefficient (Wildman–Crippen LogP) is 2.37. The highest BCUT2D eigenvalue weighted by Crippen LogP contribution is 2.10. The minimum atomic E-state index is -3.50. The number of hydrogen-bond acceptors (Lipinski definition) is 6. The fourth-order valence-electron chi connectivity index (χ4n) is 2.69. The van der Waals surface area contributed by atoms with Crippen LogP contribution in [0.5, 0.6) is 0 Å². The first-order chi connectivity index (χ1) is 15.2. The smallest absolute Gasteiger partial charge is 0.240 e. The molecule has 0 saturated carbocycles. The number of aryl methyl sites for hydroxylation is 2. The number of hydrogen-bond donors (Lipinski definition) is 2. The van der Waals surface area contributed by atoms with Gasteiger partial charge in [-0.05, 0) is 51.0 Å². The van der Waals surface area contributed by atoms with Crippen LogP contribution >= 0.6 is 0 Å². The monoisotopic (exact) mass is 484 g/mol. The van der Waals surface area contributed by atoms with E-state index in [1.807, 2.05) is 13.8 Å². The van der Waals surface area contributed by atoms with Crippen molar-refractivity contribution in [1.29, 1.82) is 0 Å². The van der Waals surface area contributed by atoms with Gasteiger partial charge in [0.05, 0.1) is 23.0 Å². The van der Waals surface area contributed by atoms with Crippen LogP contribution in [0.4, 0.5) is 0 Å². The average Bonchev–Trinajstić information content (AvgIpc) is 2.75. The topological polar surface area (TPSA) is 111 Å². The van der Waals surface area contributed by atoms with Gasteiger partial charge >= 0.3 is 0 Å². The molecule has 2 aromatic carbocycles. The summed E-state index contributed by atoms with van der Waals surface area (Å²) >= 11 is 0. The molecule has 8 nitrogen and oxygen atoms in total. The first-order valence-electron chi connectivity index (χ1n) is 10.5. The lowest BCUT2D eigenvalue weighted by molar-refractivity contribution is 0.0467. The van der Waals surface area contributed by atoms with Crippen molar-refractivity contribution in [3.63, 3.8) is 0 Å². The molecule has 2 rings (SSSR count). The Hall–Kier alpha value is -1.82. The number of rotatable bonds is 15. The van der Waals surface area contributed by atoms with Crippen LogP contribution in [0, 0.1) is 13.8 Å². The lowest BCUT2D eigenvalue weighted by Gasteiger charge is -2.09. The van der Waals surface area contributed by atoms with E-state index in [0.29, 0.717) is 39.3 Å². The Morgan fingerprint density at radius 1 is 0.594 bits per heavy atom. The van der Waals surface area contributed by atoms with E-state index in [0.717, 1.165) is 11.1 Å². The van der Waals surface area contributed by atoms with E-state index in [1.165, 1.54) is 0 Å². The normalized spacial score (nSPS) is 12.2. The van der Waals surface area contributed by atoms with Gasteiger partial charge in [0, 0.05) is 26.3 Å². The molecule has 32 heavy (non-hydrogen) atoms. The average molecular weight is 485 g/mol. The number of nitrogens with one attached hydrogen (secondary N) is 2. The number of ether oxygens (including phenoxy) is 2. The molecule has 0 radical (unpaired) electrons. The fourth-order valence-corrected chi connectivity index (χ4v) is 4.83. The number of benzene rings is 2. The van der Waals surface area contributed by atoms with Crippen LogP contribution in [0.2, 0.25) is 0 Å². The highest BCUT2D eigenvalue weighted by atomic mass is 32.2. The molecule has 0 aliphatic heterocycles. The van der Waals surface area contributed by atoms with Crippen molar-refractivity contribution >= 4 is 20.0 Å². The lowest BCUT2D eigenvalue weighted by Crippen LogP contribution is -2.26. The Kier molecular flexibility index (Phi) is 10.8. The van der Waals surface area contributed by atoms with Gasteiger partial charge in [-0.1, -0.05) is 35.4 Å². The third-order valence-corrected chi connectivity index (χ3v) is 7.50. The van der Waals surface area contributed by atoms with Crippen LogP contribution in [-0.4, -0.2) is 56.4 Å². The zero-order chi connectivity index (χ0) is 23.5. The molecule has 0 amide bonds. The SMILES string of the molecule is Cc1ccc(S(=O)(=O)NCCCOCCOCCCNS(=O)(=O)c2ccc(C)cc2)cc1. The highest BCUT2D eigenvalue weighted by Gasteiger charge is 2.13. The van der Waals surface area contributed by atoms with Gasteiger partial charge in [-0.3, -0.25) is 0 Å². The minimum absolute atomic E-state index is 0.249. The van der Waals surface area contributed by atoms with Gasteiger partial charge in [-0.25, -0.2) is 26.3 Å². The summed E-state index contributed by atoms with van der Waals surface area (Å²) in [6.07, 6.45) is 1.10. The van der Waals surface area contributed by atoms with Gasteiger partial charge in [-0.15, -0.1) is 0 Å². The second kappa shape index (κ2) is 13.0. The standard InChI is InChI=1S/C22H32N2O6S2/c1-19-5-9-21(10-6-19)31(25,26)23-13-3-15-29-17-18-30-16-4-14-24-32(27,28)22-11-7-20(2)8-12-22/h5-12,23-24H,3-4,13-18H2,1-2H3. The van der Waals surface area contributed by atoms with Crippen LogP contribution in [0.25, 0.3) is 0 Å². The molecule has 2 aromatic rings. The largest absolute Gasteiger partial charge is 0.379 e. The molecule has 0 aliphatic rings. The van der Waals surface area contributed by atoms with E-state index in [-0.39, 0.29) is 22.9 Å². The van der Waals surface area contributed by atoms with Crippen molar-refractivity contribution in [3.8, 4) is 0 Å². The quantitative estimate of drug-likeness (QED) is 0.376. The van der Waals surface area contributed by atoms with E-state index in [9.17, 15) is 16.8 Å². The summed E-state index contributed by atoms with van der Waals surface area (Å²) in [5, 5.41) is 0. The van der Waals surface area contributed by atoms with Gasteiger partial charge in [0.25, 0.3) is 0 Å². The maximum absolute atomic E-state index is 12.1. The molecule has 178 valence electrons. The van der Waals surface area contributed by atoms with Crippen molar-refractivity contribution < 1.29 is 26.3 Å². The third-order valence-electron chi connectivity index (χ3n) is 4.55. The lowest BCUT2D eigenvalue weighted by atomic mass is 10.2. The van der Waals surface area contributed by atoms with Crippen LogP contribution < -0.4 is 9.44 Å². The molecule has 0 unspecified atom stereocenters. The summed E-state index contributed by atoms with van der Waals surface area (Å²) < 4.78 is 64.5. The molecule has 0 fully saturated rings. The highest BCUT2D eigenvalue weighted by molar-refractivity contribution is 7.89. The Balaban J connectivity index is 1.47. The van der Waals surface area contributed by atoms with Crippen LogP contribution in [0.3, 0.4) is 0 Å². The van der Waals surface area contributed by atoms with E-state index in [2.05, 4.69) is 9.44 Å². The second-order valence-electron chi connectivity index (χ2n) is 7.35. The Morgan fingerprint density at radius 2 is 0.938 bits per heavy atom. The first-order valence-corrected chi connectivity index (χ1v) is 13.5. The summed E-state index contributed by atoms with van der Waals surface area (Å²) in [5.74, 6) is 0. The van der Waals surface area contributed by atoms with Gasteiger partial charge < -0.3 is 9.47 Å². The minimum Gasteiger partial charge on any atom is -0.379 e. The van der Waals surface area contributed by atoms with Crippen molar-refractivity contribution in [2.75, 3.05) is 39.5 Å². The molecule has 0 heterocycles. The van der Waals surface area contributed by atoms with Crippen LogP contribution in [0.1, 0.15) is 24.0 Å². The van der Waals surface area contributed by atoms with Crippen LogP contribution in [-0.2, 0) is 29.5 Å². The molecule has 0 bridgehead atoms.